The lowest BCUT2D eigenvalue weighted by atomic mass is 10.1. The van der Waals surface area contributed by atoms with E-state index in [-0.39, 0.29) is 11.7 Å². The number of esters is 1. The number of carbonyl (C=O) groups excluding carboxylic acids is 1. The number of aromatic hydroxyl groups is 1. The van der Waals surface area contributed by atoms with Crippen molar-refractivity contribution in [2.75, 3.05) is 14.2 Å². The first-order chi connectivity index (χ1) is 8.10. The average Bonchev–Trinajstić information content (AvgIpc) is 2.36. The summed E-state index contributed by atoms with van der Waals surface area (Å²) in [6.07, 6.45) is 0. The van der Waals surface area contributed by atoms with Gasteiger partial charge in [0.2, 0.25) is 0 Å². The lowest BCUT2D eigenvalue weighted by molar-refractivity contribution is -0.142. The molecular weight excluding hydrogens is 222 g/mol. The van der Waals surface area contributed by atoms with Crippen molar-refractivity contribution in [3.05, 3.63) is 23.8 Å². The Morgan fingerprint density at radius 2 is 2.18 bits per heavy atom. The third kappa shape index (κ3) is 3.35. The molecule has 0 bridgehead atoms. The van der Waals surface area contributed by atoms with Gasteiger partial charge in [0.15, 0.2) is 11.5 Å². The molecule has 2 N–H and O–H groups in total. The molecule has 94 valence electrons. The molecule has 1 aromatic rings. The topological polar surface area (TPSA) is 67.8 Å². The zero-order valence-electron chi connectivity index (χ0n) is 10.2. The molecule has 0 aliphatic heterocycles. The maximum Gasteiger partial charge on any atom is 0.322 e. The summed E-state index contributed by atoms with van der Waals surface area (Å²) < 4.78 is 9.58. The maximum atomic E-state index is 11.2. The number of methoxy groups -OCH3 is 2. The summed E-state index contributed by atoms with van der Waals surface area (Å²) in [5, 5.41) is 12.8. The van der Waals surface area contributed by atoms with Crippen LogP contribution in [0.25, 0.3) is 0 Å². The molecule has 0 saturated heterocycles. The molecule has 5 nitrogen and oxygen atoms in total. The van der Waals surface area contributed by atoms with E-state index in [4.69, 9.17) is 4.74 Å². The summed E-state index contributed by atoms with van der Waals surface area (Å²) in [7, 11) is 2.83. The fraction of sp³-hybridized carbons (Fsp3) is 0.417. The van der Waals surface area contributed by atoms with Crippen LogP contribution in [-0.4, -0.2) is 31.3 Å². The minimum Gasteiger partial charge on any atom is -0.504 e. The van der Waals surface area contributed by atoms with Gasteiger partial charge in [-0.15, -0.1) is 0 Å². The van der Waals surface area contributed by atoms with Crippen molar-refractivity contribution in [1.29, 1.82) is 0 Å². The summed E-state index contributed by atoms with van der Waals surface area (Å²) in [4.78, 5) is 11.2. The van der Waals surface area contributed by atoms with Crippen molar-refractivity contribution in [3.8, 4) is 11.5 Å². The van der Waals surface area contributed by atoms with E-state index in [1.807, 2.05) is 0 Å². The van der Waals surface area contributed by atoms with Crippen LogP contribution in [0.4, 0.5) is 0 Å². The monoisotopic (exact) mass is 239 g/mol. The number of ether oxygens (including phenoxy) is 2. The van der Waals surface area contributed by atoms with Gasteiger partial charge in [0, 0.05) is 12.1 Å². The Balaban J connectivity index is 2.66. The normalized spacial score (nSPS) is 11.9. The molecule has 0 aromatic heterocycles. The highest BCUT2D eigenvalue weighted by molar-refractivity contribution is 5.75. The predicted octanol–water partition coefficient (Wildman–Crippen LogP) is 1.05. The number of phenols is 1. The van der Waals surface area contributed by atoms with Gasteiger partial charge in [-0.05, 0) is 13.0 Å². The fourth-order valence-electron chi connectivity index (χ4n) is 1.40. The SMILES string of the molecule is COC(=O)C(C)NCc1cccc(OC)c1O. The number of hydrogen-bond donors (Lipinski definition) is 2. The largest absolute Gasteiger partial charge is 0.504 e. The summed E-state index contributed by atoms with van der Waals surface area (Å²) in [5.74, 6) is 0.155. The fourth-order valence-corrected chi connectivity index (χ4v) is 1.40. The zero-order chi connectivity index (χ0) is 12.8. The molecule has 0 aliphatic carbocycles. The molecule has 5 heteroatoms. The van der Waals surface area contributed by atoms with Gasteiger partial charge in [-0.25, -0.2) is 0 Å². The predicted molar refractivity (Wildman–Crippen MR) is 63.0 cm³/mol. The molecule has 17 heavy (non-hydrogen) atoms. The Labute approximate surface area is 100 Å². The highest BCUT2D eigenvalue weighted by atomic mass is 16.5. The number of rotatable bonds is 5. The van der Waals surface area contributed by atoms with E-state index in [1.54, 1.807) is 25.1 Å². The van der Waals surface area contributed by atoms with Crippen molar-refractivity contribution in [3.63, 3.8) is 0 Å². The summed E-state index contributed by atoms with van der Waals surface area (Å²) in [6, 6.07) is 4.78. The quantitative estimate of drug-likeness (QED) is 0.752. The van der Waals surface area contributed by atoms with E-state index < -0.39 is 6.04 Å². The first-order valence-electron chi connectivity index (χ1n) is 5.26. The van der Waals surface area contributed by atoms with Crippen LogP contribution in [0.3, 0.4) is 0 Å². The first kappa shape index (κ1) is 13.3. The Kier molecular flexibility index (Phi) is 4.78. The molecule has 1 aromatic carbocycles. The van der Waals surface area contributed by atoms with E-state index in [0.29, 0.717) is 17.9 Å². The third-order valence-corrected chi connectivity index (χ3v) is 2.46. The van der Waals surface area contributed by atoms with Crippen LogP contribution in [0, 0.1) is 0 Å². The van der Waals surface area contributed by atoms with E-state index in [1.165, 1.54) is 14.2 Å². The molecule has 1 unspecified atom stereocenters. The lowest BCUT2D eigenvalue weighted by Crippen LogP contribution is -2.34. The van der Waals surface area contributed by atoms with Crippen molar-refractivity contribution >= 4 is 5.97 Å². The summed E-state index contributed by atoms with van der Waals surface area (Å²) in [5.41, 5.74) is 0.667. The van der Waals surface area contributed by atoms with Gasteiger partial charge >= 0.3 is 5.97 Å². The zero-order valence-corrected chi connectivity index (χ0v) is 10.2. The van der Waals surface area contributed by atoms with Crippen LogP contribution < -0.4 is 10.1 Å². The van der Waals surface area contributed by atoms with E-state index in [0.717, 1.165) is 0 Å². The molecule has 0 saturated carbocycles. The molecule has 0 radical (unpaired) electrons. The second-order valence-electron chi connectivity index (χ2n) is 3.59. The van der Waals surface area contributed by atoms with Gasteiger partial charge in [-0.2, -0.15) is 0 Å². The van der Waals surface area contributed by atoms with E-state index in [2.05, 4.69) is 10.1 Å². The van der Waals surface area contributed by atoms with Gasteiger partial charge in [-0.3, -0.25) is 4.79 Å². The van der Waals surface area contributed by atoms with Gasteiger partial charge in [0.1, 0.15) is 6.04 Å². The molecule has 0 amide bonds. The molecule has 0 aliphatic rings. The summed E-state index contributed by atoms with van der Waals surface area (Å²) in [6.45, 7) is 2.06. The third-order valence-electron chi connectivity index (χ3n) is 2.46. The van der Waals surface area contributed by atoms with Crippen molar-refractivity contribution in [2.24, 2.45) is 0 Å². The number of nitrogens with one attached hydrogen (secondary N) is 1. The van der Waals surface area contributed by atoms with Crippen LogP contribution in [0.5, 0.6) is 11.5 Å². The van der Waals surface area contributed by atoms with Gasteiger partial charge in [-0.1, -0.05) is 12.1 Å². The second-order valence-corrected chi connectivity index (χ2v) is 3.59. The molecule has 0 heterocycles. The Hall–Kier alpha value is -1.75. The van der Waals surface area contributed by atoms with Crippen LogP contribution >= 0.6 is 0 Å². The first-order valence-corrected chi connectivity index (χ1v) is 5.26. The molecule has 1 atom stereocenters. The standard InChI is InChI=1S/C12H17NO4/c1-8(12(15)17-3)13-7-9-5-4-6-10(16-2)11(9)14/h4-6,8,13-14H,7H2,1-3H3. The highest BCUT2D eigenvalue weighted by Gasteiger charge is 2.13. The van der Waals surface area contributed by atoms with Crippen LogP contribution in [-0.2, 0) is 16.1 Å². The van der Waals surface area contributed by atoms with Crippen molar-refractivity contribution < 1.29 is 19.4 Å². The number of carbonyl (C=O) groups is 1. The van der Waals surface area contributed by atoms with Crippen LogP contribution in [0.2, 0.25) is 0 Å². The Bertz CT molecular complexity index is 392. The smallest absolute Gasteiger partial charge is 0.322 e. The van der Waals surface area contributed by atoms with E-state index in [9.17, 15) is 9.90 Å². The van der Waals surface area contributed by atoms with Crippen LogP contribution in [0.1, 0.15) is 12.5 Å². The van der Waals surface area contributed by atoms with Gasteiger partial charge in [0.25, 0.3) is 0 Å². The number of benzene rings is 1. The van der Waals surface area contributed by atoms with Crippen LogP contribution in [0.15, 0.2) is 18.2 Å². The summed E-state index contributed by atoms with van der Waals surface area (Å²) >= 11 is 0. The second kappa shape index (κ2) is 6.10. The lowest BCUT2D eigenvalue weighted by Gasteiger charge is -2.13. The highest BCUT2D eigenvalue weighted by Crippen LogP contribution is 2.29. The van der Waals surface area contributed by atoms with Gasteiger partial charge in [0.05, 0.1) is 14.2 Å². The Morgan fingerprint density at radius 1 is 1.47 bits per heavy atom. The van der Waals surface area contributed by atoms with Gasteiger partial charge < -0.3 is 19.9 Å². The molecule has 1 rings (SSSR count). The van der Waals surface area contributed by atoms with E-state index >= 15 is 0 Å². The number of phenolic OH excluding ortho intramolecular Hbond substituents is 1. The Morgan fingerprint density at radius 3 is 2.76 bits per heavy atom. The molecule has 0 spiro atoms. The molecule has 0 fully saturated rings. The maximum absolute atomic E-state index is 11.2. The van der Waals surface area contributed by atoms with Crippen molar-refractivity contribution in [2.45, 2.75) is 19.5 Å². The average molecular weight is 239 g/mol. The number of para-hydroxylation sites is 1. The minimum absolute atomic E-state index is 0.0829. The molecular formula is C12H17NO4. The minimum atomic E-state index is -0.425. The number of hydrogen-bond acceptors (Lipinski definition) is 5. The van der Waals surface area contributed by atoms with Crippen molar-refractivity contribution in [1.82, 2.24) is 5.32 Å².